The van der Waals surface area contributed by atoms with E-state index >= 15 is 0 Å². The summed E-state index contributed by atoms with van der Waals surface area (Å²) < 4.78 is 1.71. The summed E-state index contributed by atoms with van der Waals surface area (Å²) in [5, 5.41) is 10.8. The highest BCUT2D eigenvalue weighted by Crippen LogP contribution is 2.30. The van der Waals surface area contributed by atoms with Crippen molar-refractivity contribution in [3.63, 3.8) is 0 Å². The molecule has 1 aliphatic heterocycles. The minimum atomic E-state index is 0. The first-order valence-corrected chi connectivity index (χ1v) is 9.06. The Labute approximate surface area is 150 Å². The van der Waals surface area contributed by atoms with Crippen molar-refractivity contribution in [2.75, 3.05) is 18.4 Å². The standard InChI is InChI=1S/C17H29N5O.ClH/c1-12(11-13-5-3-4-6-13)16(23)20-17-19-15(21-22(17)2)14-7-9-18-10-8-14;/h12-14,18H,3-11H2,1-2H3,(H,19,20,21,23);1H. The maximum atomic E-state index is 12.4. The van der Waals surface area contributed by atoms with Crippen LogP contribution in [0.3, 0.4) is 0 Å². The molecule has 1 aromatic heterocycles. The van der Waals surface area contributed by atoms with Crippen LogP contribution >= 0.6 is 12.4 Å². The highest BCUT2D eigenvalue weighted by Gasteiger charge is 2.24. The molecule has 0 bridgehead atoms. The zero-order chi connectivity index (χ0) is 16.2. The predicted octanol–water partition coefficient (Wildman–Crippen LogP) is 2.86. The molecular weight excluding hydrogens is 326 g/mol. The average molecular weight is 356 g/mol. The first-order valence-electron chi connectivity index (χ1n) is 9.06. The van der Waals surface area contributed by atoms with Crippen LogP contribution in [0.2, 0.25) is 0 Å². The molecule has 1 atom stereocenters. The maximum absolute atomic E-state index is 12.4. The number of carbonyl (C=O) groups is 1. The first kappa shape index (κ1) is 19.2. The smallest absolute Gasteiger partial charge is 0.229 e. The van der Waals surface area contributed by atoms with Crippen molar-refractivity contribution < 1.29 is 4.79 Å². The molecule has 0 spiro atoms. The molecule has 1 unspecified atom stereocenters. The third-order valence-electron chi connectivity index (χ3n) is 5.33. The minimum absolute atomic E-state index is 0. The average Bonchev–Trinajstić information content (AvgIpc) is 3.18. The summed E-state index contributed by atoms with van der Waals surface area (Å²) in [6.07, 6.45) is 8.32. The van der Waals surface area contributed by atoms with E-state index in [0.717, 1.165) is 44.1 Å². The highest BCUT2D eigenvalue weighted by molar-refractivity contribution is 5.90. The van der Waals surface area contributed by atoms with Crippen molar-refractivity contribution in [1.29, 1.82) is 0 Å². The SMILES string of the molecule is CC(CC1CCCC1)C(=O)Nc1nc(C2CCNCC2)nn1C.Cl. The van der Waals surface area contributed by atoms with Crippen molar-refractivity contribution in [3.05, 3.63) is 5.82 Å². The summed E-state index contributed by atoms with van der Waals surface area (Å²) in [4.78, 5) is 17.0. The molecule has 136 valence electrons. The number of aryl methyl sites for hydroxylation is 1. The fourth-order valence-corrected chi connectivity index (χ4v) is 3.85. The number of hydrogen-bond acceptors (Lipinski definition) is 4. The molecule has 0 aromatic carbocycles. The number of anilines is 1. The molecule has 1 saturated heterocycles. The second-order valence-electron chi connectivity index (χ2n) is 7.22. The van der Waals surface area contributed by atoms with Gasteiger partial charge in [0.05, 0.1) is 0 Å². The van der Waals surface area contributed by atoms with Gasteiger partial charge < -0.3 is 5.32 Å². The van der Waals surface area contributed by atoms with Gasteiger partial charge in [0.2, 0.25) is 11.9 Å². The molecule has 2 N–H and O–H groups in total. The lowest BCUT2D eigenvalue weighted by Crippen LogP contribution is -2.27. The Kier molecular flexibility index (Phi) is 7.04. The Morgan fingerprint density at radius 1 is 1.29 bits per heavy atom. The lowest BCUT2D eigenvalue weighted by molar-refractivity contribution is -0.119. The Bertz CT molecular complexity index is 535. The minimum Gasteiger partial charge on any atom is -0.317 e. The van der Waals surface area contributed by atoms with Gasteiger partial charge in [0, 0.05) is 18.9 Å². The number of nitrogens with zero attached hydrogens (tertiary/aromatic N) is 3. The lowest BCUT2D eigenvalue weighted by atomic mass is 9.94. The van der Waals surface area contributed by atoms with Crippen molar-refractivity contribution in [1.82, 2.24) is 20.1 Å². The molecule has 2 heterocycles. The van der Waals surface area contributed by atoms with Gasteiger partial charge >= 0.3 is 0 Å². The van der Waals surface area contributed by atoms with E-state index in [4.69, 9.17) is 0 Å². The third-order valence-corrected chi connectivity index (χ3v) is 5.33. The van der Waals surface area contributed by atoms with Gasteiger partial charge in [0.15, 0.2) is 5.82 Å². The van der Waals surface area contributed by atoms with Crippen molar-refractivity contribution in [2.45, 2.75) is 57.8 Å². The van der Waals surface area contributed by atoms with Crippen molar-refractivity contribution in [2.24, 2.45) is 18.9 Å². The Hall–Kier alpha value is -1.14. The zero-order valence-electron chi connectivity index (χ0n) is 14.8. The second-order valence-corrected chi connectivity index (χ2v) is 7.22. The third kappa shape index (κ3) is 4.70. The molecule has 1 saturated carbocycles. The van der Waals surface area contributed by atoms with E-state index in [-0.39, 0.29) is 24.2 Å². The van der Waals surface area contributed by atoms with E-state index in [0.29, 0.717) is 11.9 Å². The number of halogens is 1. The molecule has 24 heavy (non-hydrogen) atoms. The van der Waals surface area contributed by atoms with Gasteiger partial charge in [-0.05, 0) is 38.3 Å². The van der Waals surface area contributed by atoms with Gasteiger partial charge in [-0.15, -0.1) is 12.4 Å². The summed E-state index contributed by atoms with van der Waals surface area (Å²) in [5.74, 6) is 2.69. The van der Waals surface area contributed by atoms with Gasteiger partial charge in [-0.25, -0.2) is 4.68 Å². The largest absolute Gasteiger partial charge is 0.317 e. The molecule has 3 rings (SSSR count). The van der Waals surface area contributed by atoms with Crippen LogP contribution < -0.4 is 10.6 Å². The topological polar surface area (TPSA) is 71.8 Å². The number of aromatic nitrogens is 3. The quantitative estimate of drug-likeness (QED) is 0.851. The van der Waals surface area contributed by atoms with Crippen LogP contribution in [0.5, 0.6) is 0 Å². The Balaban J connectivity index is 0.00000208. The molecule has 0 radical (unpaired) electrons. The molecule has 1 amide bonds. The molecule has 2 aliphatic rings. The van der Waals surface area contributed by atoms with E-state index < -0.39 is 0 Å². The van der Waals surface area contributed by atoms with Crippen LogP contribution in [0, 0.1) is 11.8 Å². The molecular formula is C17H30ClN5O. The Morgan fingerprint density at radius 2 is 1.96 bits per heavy atom. The van der Waals surface area contributed by atoms with E-state index in [1.807, 2.05) is 14.0 Å². The van der Waals surface area contributed by atoms with Crippen LogP contribution in [-0.2, 0) is 11.8 Å². The first-order chi connectivity index (χ1) is 11.1. The second kappa shape index (κ2) is 8.81. The van der Waals surface area contributed by atoms with Gasteiger partial charge in [-0.2, -0.15) is 10.1 Å². The molecule has 7 heteroatoms. The molecule has 6 nitrogen and oxygen atoms in total. The summed E-state index contributed by atoms with van der Waals surface area (Å²) in [7, 11) is 1.86. The number of rotatable bonds is 5. The van der Waals surface area contributed by atoms with E-state index in [1.165, 1.54) is 25.7 Å². The van der Waals surface area contributed by atoms with Crippen LogP contribution in [0.15, 0.2) is 0 Å². The normalized spacial score (nSPS) is 20.6. The van der Waals surface area contributed by atoms with E-state index in [1.54, 1.807) is 4.68 Å². The van der Waals surface area contributed by atoms with Crippen molar-refractivity contribution >= 4 is 24.3 Å². The highest BCUT2D eigenvalue weighted by atomic mass is 35.5. The fourth-order valence-electron chi connectivity index (χ4n) is 3.85. The summed E-state index contributed by atoms with van der Waals surface area (Å²) in [6.45, 7) is 4.06. The molecule has 1 aliphatic carbocycles. The van der Waals surface area contributed by atoms with Crippen LogP contribution in [0.1, 0.15) is 63.6 Å². The zero-order valence-corrected chi connectivity index (χ0v) is 15.6. The van der Waals surface area contributed by atoms with Crippen LogP contribution in [0.25, 0.3) is 0 Å². The summed E-state index contributed by atoms with van der Waals surface area (Å²) >= 11 is 0. The van der Waals surface area contributed by atoms with Crippen molar-refractivity contribution in [3.8, 4) is 0 Å². The molecule has 1 aromatic rings. The van der Waals surface area contributed by atoms with Gasteiger partial charge in [0.1, 0.15) is 0 Å². The Morgan fingerprint density at radius 3 is 2.62 bits per heavy atom. The number of hydrogen-bond donors (Lipinski definition) is 2. The van der Waals surface area contributed by atoms with Crippen LogP contribution in [0.4, 0.5) is 5.95 Å². The van der Waals surface area contributed by atoms with Gasteiger partial charge in [-0.1, -0.05) is 32.6 Å². The van der Waals surface area contributed by atoms with E-state index in [2.05, 4.69) is 20.7 Å². The number of piperidine rings is 1. The number of carbonyl (C=O) groups excluding carboxylic acids is 1. The van der Waals surface area contributed by atoms with Crippen LogP contribution in [-0.4, -0.2) is 33.8 Å². The summed E-state index contributed by atoms with van der Waals surface area (Å²) in [5.41, 5.74) is 0. The summed E-state index contributed by atoms with van der Waals surface area (Å²) in [6, 6.07) is 0. The van der Waals surface area contributed by atoms with Gasteiger partial charge in [-0.3, -0.25) is 10.1 Å². The number of nitrogens with one attached hydrogen (secondary N) is 2. The molecule has 2 fully saturated rings. The van der Waals surface area contributed by atoms with Gasteiger partial charge in [0.25, 0.3) is 0 Å². The maximum Gasteiger partial charge on any atom is 0.229 e. The predicted molar refractivity (Wildman–Crippen MR) is 97.5 cm³/mol. The fraction of sp³-hybridized carbons (Fsp3) is 0.824. The number of amides is 1. The van der Waals surface area contributed by atoms with E-state index in [9.17, 15) is 4.79 Å². The lowest BCUT2D eigenvalue weighted by Gasteiger charge is -2.19. The monoisotopic (exact) mass is 355 g/mol.